The van der Waals surface area contributed by atoms with Crippen molar-refractivity contribution < 1.29 is 9.53 Å². The molecule has 2 N–H and O–H groups in total. The number of thiocarbonyl (C=S) groups is 1. The number of thiophene rings is 1. The van der Waals surface area contributed by atoms with E-state index in [4.69, 9.17) is 17.0 Å². The summed E-state index contributed by atoms with van der Waals surface area (Å²) in [7, 11) is 0. The van der Waals surface area contributed by atoms with Gasteiger partial charge in [-0.1, -0.05) is 56.0 Å². The lowest BCUT2D eigenvalue weighted by Crippen LogP contribution is -2.37. The maximum Gasteiger partial charge on any atom is 0.341 e. The highest BCUT2D eigenvalue weighted by molar-refractivity contribution is 7.80. The molecule has 0 bridgehead atoms. The normalized spacial score (nSPS) is 14.9. The number of esters is 1. The fourth-order valence-electron chi connectivity index (χ4n) is 3.53. The quantitative estimate of drug-likeness (QED) is 0.369. The molecule has 4 nitrogen and oxygen atoms in total. The number of hydrogen-bond acceptors (Lipinski definition) is 4. The Hall–Kier alpha value is -1.92. The minimum absolute atomic E-state index is 0.308. The van der Waals surface area contributed by atoms with Crippen molar-refractivity contribution in [2.45, 2.75) is 57.9 Å². The number of rotatable bonds is 6. The Kier molecular flexibility index (Phi) is 7.86. The highest BCUT2D eigenvalue weighted by atomic mass is 32.1. The molecule has 1 aromatic heterocycles. The van der Waals surface area contributed by atoms with Crippen molar-refractivity contribution in [2.24, 2.45) is 0 Å². The van der Waals surface area contributed by atoms with Gasteiger partial charge in [0.2, 0.25) is 0 Å². The Morgan fingerprint density at radius 2 is 1.89 bits per heavy atom. The first-order valence-corrected chi connectivity index (χ1v) is 11.3. The Bertz CT molecular complexity index is 781. The number of ether oxygens (including phenoxy) is 1. The van der Waals surface area contributed by atoms with Gasteiger partial charge in [0.15, 0.2) is 5.11 Å². The Balaban J connectivity index is 1.71. The van der Waals surface area contributed by atoms with Crippen LogP contribution in [-0.2, 0) is 11.2 Å². The predicted molar refractivity (Wildman–Crippen MR) is 120 cm³/mol. The Morgan fingerprint density at radius 1 is 1.18 bits per heavy atom. The maximum absolute atomic E-state index is 12.4. The number of hydrogen-bond donors (Lipinski definition) is 2. The summed E-state index contributed by atoms with van der Waals surface area (Å²) in [4.78, 5) is 13.5. The van der Waals surface area contributed by atoms with Gasteiger partial charge in [-0.15, -0.1) is 11.3 Å². The zero-order valence-corrected chi connectivity index (χ0v) is 18.0. The van der Waals surface area contributed by atoms with Gasteiger partial charge in [0.25, 0.3) is 0 Å². The predicted octanol–water partition coefficient (Wildman–Crippen LogP) is 5.52. The molecule has 0 aliphatic heterocycles. The van der Waals surface area contributed by atoms with Crippen LogP contribution in [0.25, 0.3) is 0 Å². The zero-order chi connectivity index (χ0) is 19.8. The molecule has 2 aromatic rings. The molecule has 0 spiro atoms. The average molecular weight is 417 g/mol. The summed E-state index contributed by atoms with van der Waals surface area (Å²) in [5.41, 5.74) is 1.77. The molecule has 1 aliphatic rings. The van der Waals surface area contributed by atoms with E-state index in [-0.39, 0.29) is 5.97 Å². The second-order valence-corrected chi connectivity index (χ2v) is 8.67. The lowest BCUT2D eigenvalue weighted by atomic mass is 10.1. The molecular weight excluding hydrogens is 388 g/mol. The first-order chi connectivity index (χ1) is 13.7. The minimum Gasteiger partial charge on any atom is -0.462 e. The lowest BCUT2D eigenvalue weighted by Gasteiger charge is -2.18. The molecule has 6 heteroatoms. The number of anilines is 1. The van der Waals surface area contributed by atoms with Crippen LogP contribution in [0.1, 0.15) is 66.2 Å². The highest BCUT2D eigenvalue weighted by Crippen LogP contribution is 2.31. The number of carbonyl (C=O) groups excluding carboxylic acids is 1. The van der Waals surface area contributed by atoms with E-state index in [1.807, 2.05) is 31.2 Å². The molecule has 0 atom stereocenters. The monoisotopic (exact) mass is 416 g/mol. The van der Waals surface area contributed by atoms with Crippen molar-refractivity contribution in [1.29, 1.82) is 0 Å². The molecular formula is C22H28N2O2S2. The molecule has 1 aliphatic carbocycles. The van der Waals surface area contributed by atoms with Crippen LogP contribution < -0.4 is 10.6 Å². The third kappa shape index (κ3) is 6.04. The molecule has 1 aromatic carbocycles. The van der Waals surface area contributed by atoms with Crippen molar-refractivity contribution in [3.63, 3.8) is 0 Å². The molecule has 28 heavy (non-hydrogen) atoms. The summed E-state index contributed by atoms with van der Waals surface area (Å²) in [6.45, 7) is 2.17. The second-order valence-electron chi connectivity index (χ2n) is 7.13. The number of benzene rings is 1. The Labute approximate surface area is 176 Å². The van der Waals surface area contributed by atoms with Crippen LogP contribution in [0.15, 0.2) is 36.4 Å². The van der Waals surface area contributed by atoms with Crippen LogP contribution >= 0.6 is 23.6 Å². The highest BCUT2D eigenvalue weighted by Gasteiger charge is 2.20. The van der Waals surface area contributed by atoms with Crippen LogP contribution in [0.4, 0.5) is 5.00 Å². The van der Waals surface area contributed by atoms with Crippen LogP contribution in [0, 0.1) is 0 Å². The molecule has 3 rings (SSSR count). The van der Waals surface area contributed by atoms with Crippen molar-refractivity contribution in [1.82, 2.24) is 5.32 Å². The smallest absolute Gasteiger partial charge is 0.341 e. The SMILES string of the molecule is CCOC(=O)c1cc(Cc2ccccc2)sc1NC(=S)NC1CCCCCC1. The molecule has 0 amide bonds. The van der Waals surface area contributed by atoms with Crippen molar-refractivity contribution in [3.8, 4) is 0 Å². The maximum atomic E-state index is 12.4. The summed E-state index contributed by atoms with van der Waals surface area (Å²) >= 11 is 7.11. The van der Waals surface area contributed by atoms with E-state index in [1.54, 1.807) is 11.3 Å². The molecule has 1 fully saturated rings. The van der Waals surface area contributed by atoms with Gasteiger partial charge >= 0.3 is 5.97 Å². The number of nitrogens with one attached hydrogen (secondary N) is 2. The summed E-state index contributed by atoms with van der Waals surface area (Å²) in [5, 5.41) is 8.05. The van der Waals surface area contributed by atoms with Crippen molar-refractivity contribution in [3.05, 3.63) is 52.4 Å². The van der Waals surface area contributed by atoms with Crippen molar-refractivity contribution in [2.75, 3.05) is 11.9 Å². The average Bonchev–Trinajstić information content (AvgIpc) is 2.89. The summed E-state index contributed by atoms with van der Waals surface area (Å²) in [6.07, 6.45) is 8.18. The largest absolute Gasteiger partial charge is 0.462 e. The minimum atomic E-state index is -0.308. The van der Waals surface area contributed by atoms with Crippen LogP contribution in [0.3, 0.4) is 0 Å². The summed E-state index contributed by atoms with van der Waals surface area (Å²) in [6, 6.07) is 12.6. The van der Waals surface area contributed by atoms with Gasteiger partial charge in [-0.2, -0.15) is 0 Å². The van der Waals surface area contributed by atoms with Gasteiger partial charge < -0.3 is 15.4 Å². The fourth-order valence-corrected chi connectivity index (χ4v) is 4.94. The van der Waals surface area contributed by atoms with E-state index in [0.29, 0.717) is 23.3 Å². The fraction of sp³-hybridized carbons (Fsp3) is 0.455. The van der Waals surface area contributed by atoms with Crippen LogP contribution in [0.5, 0.6) is 0 Å². The second kappa shape index (κ2) is 10.6. The van der Waals surface area contributed by atoms with E-state index in [2.05, 4.69) is 22.8 Å². The van der Waals surface area contributed by atoms with E-state index in [0.717, 1.165) is 29.1 Å². The molecule has 0 saturated heterocycles. The van der Waals surface area contributed by atoms with Gasteiger partial charge in [-0.25, -0.2) is 4.79 Å². The lowest BCUT2D eigenvalue weighted by molar-refractivity contribution is 0.0528. The molecule has 1 heterocycles. The molecule has 1 saturated carbocycles. The first-order valence-electron chi connectivity index (χ1n) is 10.1. The van der Waals surface area contributed by atoms with Gasteiger partial charge in [-0.05, 0) is 43.6 Å². The van der Waals surface area contributed by atoms with E-state index < -0.39 is 0 Å². The van der Waals surface area contributed by atoms with Gasteiger partial charge in [0.1, 0.15) is 5.00 Å². The Morgan fingerprint density at radius 3 is 2.57 bits per heavy atom. The van der Waals surface area contributed by atoms with Gasteiger partial charge in [0, 0.05) is 17.3 Å². The molecule has 0 radical (unpaired) electrons. The first kappa shape index (κ1) is 20.8. The van der Waals surface area contributed by atoms with E-state index in [9.17, 15) is 4.79 Å². The van der Waals surface area contributed by atoms with Gasteiger partial charge in [0.05, 0.1) is 12.2 Å². The van der Waals surface area contributed by atoms with Crippen LogP contribution in [-0.4, -0.2) is 23.7 Å². The summed E-state index contributed by atoms with van der Waals surface area (Å²) in [5.74, 6) is -0.308. The van der Waals surface area contributed by atoms with Gasteiger partial charge in [-0.3, -0.25) is 0 Å². The van der Waals surface area contributed by atoms with Crippen molar-refractivity contribution >= 4 is 39.6 Å². The molecule has 0 unspecified atom stereocenters. The third-order valence-electron chi connectivity index (χ3n) is 4.92. The van der Waals surface area contributed by atoms with E-state index in [1.165, 1.54) is 31.2 Å². The topological polar surface area (TPSA) is 50.4 Å². The van der Waals surface area contributed by atoms with Crippen LogP contribution in [0.2, 0.25) is 0 Å². The van der Waals surface area contributed by atoms with E-state index >= 15 is 0 Å². The zero-order valence-electron chi connectivity index (χ0n) is 16.3. The third-order valence-corrected chi connectivity index (χ3v) is 6.19. The standard InChI is InChI=1S/C22H28N2O2S2/c1-2-26-21(25)19-15-18(14-16-10-6-5-7-11-16)28-20(19)24-22(27)23-17-12-8-3-4-9-13-17/h5-7,10-11,15,17H,2-4,8-9,12-14H2,1H3,(H2,23,24,27). The summed E-state index contributed by atoms with van der Waals surface area (Å²) < 4.78 is 5.24. The molecule has 150 valence electrons. The number of carbonyl (C=O) groups is 1.